The summed E-state index contributed by atoms with van der Waals surface area (Å²) in [6, 6.07) is 47.0. The molecule has 0 unspecified atom stereocenters. The second-order valence-corrected chi connectivity index (χ2v) is 11.0. The monoisotopic (exact) mass is 622 g/mol. The molecule has 0 spiro atoms. The fraction of sp³-hybridized carbons (Fsp3) is 0.122. The molecule has 6 nitrogen and oxygen atoms in total. The first-order valence-corrected chi connectivity index (χ1v) is 15.3. The van der Waals surface area contributed by atoms with Crippen molar-refractivity contribution in [2.45, 2.75) is 29.7 Å². The average Bonchev–Trinajstić information content (AvgIpc) is 3.60. The summed E-state index contributed by atoms with van der Waals surface area (Å²) < 4.78 is 27.1. The molecular weight excluding hydrogens is 588 g/mol. The summed E-state index contributed by atoms with van der Waals surface area (Å²) in [5.74, 6) is -1.34. The fourth-order valence-corrected chi connectivity index (χ4v) is 6.31. The molecular formula is C41H34O6. The molecule has 1 saturated heterocycles. The van der Waals surface area contributed by atoms with Crippen LogP contribution in [0.4, 0.5) is 0 Å². The van der Waals surface area contributed by atoms with Gasteiger partial charge >= 0.3 is 11.9 Å². The molecule has 1 heterocycles. The summed E-state index contributed by atoms with van der Waals surface area (Å²) in [6.07, 6.45) is -0.882. The molecule has 0 radical (unpaired) electrons. The average molecular weight is 623 g/mol. The predicted octanol–water partition coefficient (Wildman–Crippen LogP) is 7.82. The minimum Gasteiger partial charge on any atom is -0.443 e. The van der Waals surface area contributed by atoms with Gasteiger partial charge in [-0.3, -0.25) is 0 Å². The Balaban J connectivity index is 1.72. The van der Waals surface area contributed by atoms with Crippen LogP contribution in [0.1, 0.15) is 34.1 Å². The Morgan fingerprint density at radius 1 is 0.489 bits per heavy atom. The summed E-state index contributed by atoms with van der Waals surface area (Å²) in [6.45, 7) is 7.42. The van der Waals surface area contributed by atoms with E-state index in [0.717, 1.165) is 17.7 Å². The van der Waals surface area contributed by atoms with E-state index in [4.69, 9.17) is 18.9 Å². The van der Waals surface area contributed by atoms with Gasteiger partial charge in [-0.25, -0.2) is 9.59 Å². The topological polar surface area (TPSA) is 71.1 Å². The molecule has 0 saturated carbocycles. The van der Waals surface area contributed by atoms with E-state index in [9.17, 15) is 9.59 Å². The lowest BCUT2D eigenvalue weighted by Crippen LogP contribution is -2.57. The van der Waals surface area contributed by atoms with Gasteiger partial charge in [0.05, 0.1) is 0 Å². The van der Waals surface area contributed by atoms with Crippen LogP contribution in [0.25, 0.3) is 0 Å². The Bertz CT molecular complexity index is 1610. The van der Waals surface area contributed by atoms with E-state index in [-0.39, 0.29) is 0 Å². The van der Waals surface area contributed by atoms with Crippen LogP contribution in [0.3, 0.4) is 0 Å². The highest BCUT2D eigenvalue weighted by Gasteiger charge is 2.63. The van der Waals surface area contributed by atoms with Gasteiger partial charge in [-0.05, 0) is 0 Å². The van der Waals surface area contributed by atoms with Gasteiger partial charge < -0.3 is 18.9 Å². The van der Waals surface area contributed by atoms with Crippen molar-refractivity contribution < 1.29 is 28.5 Å². The van der Waals surface area contributed by atoms with Crippen LogP contribution < -0.4 is 0 Å². The van der Waals surface area contributed by atoms with Crippen LogP contribution in [-0.4, -0.2) is 24.1 Å². The third-order valence-corrected chi connectivity index (χ3v) is 8.36. The number of ether oxygens (including phenoxy) is 4. The van der Waals surface area contributed by atoms with Crippen LogP contribution >= 0.6 is 0 Å². The fourth-order valence-electron chi connectivity index (χ4n) is 6.31. The molecule has 6 rings (SSSR count). The van der Waals surface area contributed by atoms with Crippen molar-refractivity contribution in [3.8, 4) is 0 Å². The Morgan fingerprint density at radius 3 is 1.04 bits per heavy atom. The van der Waals surface area contributed by atoms with Gasteiger partial charge in [0, 0.05) is 40.0 Å². The summed E-state index contributed by atoms with van der Waals surface area (Å²) in [5.41, 5.74) is -0.000303. The molecule has 0 aliphatic carbocycles. The summed E-state index contributed by atoms with van der Waals surface area (Å²) in [5, 5.41) is 0. The first kappa shape index (κ1) is 31.4. The van der Waals surface area contributed by atoms with Crippen LogP contribution in [-0.2, 0) is 39.7 Å². The van der Waals surface area contributed by atoms with E-state index >= 15 is 0 Å². The third-order valence-electron chi connectivity index (χ3n) is 8.36. The molecule has 0 N–H and O–H groups in total. The van der Waals surface area contributed by atoms with E-state index in [1.807, 2.05) is 152 Å². The molecule has 47 heavy (non-hydrogen) atoms. The molecule has 0 bridgehead atoms. The lowest BCUT2D eigenvalue weighted by molar-refractivity contribution is -0.180. The largest absolute Gasteiger partial charge is 0.443 e. The quantitative estimate of drug-likeness (QED) is 0.111. The van der Waals surface area contributed by atoms with Gasteiger partial charge in [-0.1, -0.05) is 165 Å². The van der Waals surface area contributed by atoms with Crippen molar-refractivity contribution in [2.75, 3.05) is 0 Å². The van der Waals surface area contributed by atoms with Crippen molar-refractivity contribution in [3.05, 3.63) is 205 Å². The minimum absolute atomic E-state index is 0.624. The van der Waals surface area contributed by atoms with Crippen LogP contribution in [0.2, 0.25) is 0 Å². The van der Waals surface area contributed by atoms with Crippen molar-refractivity contribution in [1.29, 1.82) is 0 Å². The molecule has 1 aliphatic rings. The lowest BCUT2D eigenvalue weighted by Gasteiger charge is -2.45. The standard InChI is InChI=1S/C41H34O6/c1-3-35(42)46-40(31-22-12-6-13-23-31,32-24-14-7-15-25-32)37-38(45-39(44-37)30-20-10-5-11-21-30)41(47-36(43)4-2,33-26-16-8-17-27-33)34-28-18-9-19-29-34/h3-29,37-39H,1-2H2/t37-,38-/m1/s1. The highest BCUT2D eigenvalue weighted by Crippen LogP contribution is 2.53. The number of esters is 2. The van der Waals surface area contributed by atoms with Crippen molar-refractivity contribution in [2.24, 2.45) is 0 Å². The zero-order valence-corrected chi connectivity index (χ0v) is 25.7. The van der Waals surface area contributed by atoms with Crippen LogP contribution in [0.5, 0.6) is 0 Å². The summed E-state index contributed by atoms with van der Waals surface area (Å²) in [7, 11) is 0. The number of benzene rings is 5. The van der Waals surface area contributed by atoms with Gasteiger partial charge in [0.25, 0.3) is 0 Å². The molecule has 0 aromatic heterocycles. The van der Waals surface area contributed by atoms with Crippen molar-refractivity contribution in [1.82, 2.24) is 0 Å². The maximum Gasteiger partial charge on any atom is 0.331 e. The highest BCUT2D eigenvalue weighted by atomic mass is 16.8. The van der Waals surface area contributed by atoms with E-state index in [2.05, 4.69) is 13.2 Å². The SMILES string of the molecule is C=CC(=O)OC(c1ccccc1)(c1ccccc1)[C@@H]1OC(c2ccccc2)O[C@H]1C(OC(=O)C=C)(c1ccccc1)c1ccccc1. The molecule has 1 fully saturated rings. The molecule has 5 aromatic carbocycles. The number of carbonyl (C=O) groups excluding carboxylic acids is 2. The Morgan fingerprint density at radius 2 is 0.766 bits per heavy atom. The van der Waals surface area contributed by atoms with Gasteiger partial charge in [-0.15, -0.1) is 0 Å². The molecule has 6 heteroatoms. The summed E-state index contributed by atoms with van der Waals surface area (Å²) in [4.78, 5) is 26.9. The van der Waals surface area contributed by atoms with Crippen LogP contribution in [0.15, 0.2) is 177 Å². The maximum absolute atomic E-state index is 13.5. The second-order valence-electron chi connectivity index (χ2n) is 11.0. The number of hydrogen-bond donors (Lipinski definition) is 0. The molecule has 5 aromatic rings. The van der Waals surface area contributed by atoms with Crippen molar-refractivity contribution >= 4 is 11.9 Å². The smallest absolute Gasteiger partial charge is 0.331 e. The molecule has 0 amide bonds. The van der Waals surface area contributed by atoms with E-state index in [1.54, 1.807) is 0 Å². The van der Waals surface area contributed by atoms with Gasteiger partial charge in [0.2, 0.25) is 0 Å². The Labute approximate surface area is 274 Å². The maximum atomic E-state index is 13.5. The zero-order chi connectivity index (χ0) is 32.7. The highest BCUT2D eigenvalue weighted by molar-refractivity contribution is 5.83. The summed E-state index contributed by atoms with van der Waals surface area (Å²) >= 11 is 0. The molecule has 234 valence electrons. The van der Waals surface area contributed by atoms with E-state index in [0.29, 0.717) is 22.3 Å². The Hall–Kier alpha value is -5.56. The number of carbonyl (C=O) groups is 2. The molecule has 2 atom stereocenters. The zero-order valence-electron chi connectivity index (χ0n) is 25.7. The van der Waals surface area contributed by atoms with Gasteiger partial charge in [0.1, 0.15) is 12.2 Å². The Kier molecular flexibility index (Phi) is 9.25. The first-order valence-electron chi connectivity index (χ1n) is 15.3. The predicted molar refractivity (Wildman–Crippen MR) is 179 cm³/mol. The van der Waals surface area contributed by atoms with Crippen molar-refractivity contribution in [3.63, 3.8) is 0 Å². The van der Waals surface area contributed by atoms with E-state index in [1.165, 1.54) is 0 Å². The van der Waals surface area contributed by atoms with E-state index < -0.39 is 41.6 Å². The van der Waals surface area contributed by atoms with Gasteiger partial charge in [0.15, 0.2) is 17.5 Å². The second kappa shape index (κ2) is 13.8. The number of hydrogen-bond acceptors (Lipinski definition) is 6. The third kappa shape index (κ3) is 5.92. The minimum atomic E-state index is -1.61. The number of rotatable bonds is 11. The molecule has 1 aliphatic heterocycles. The lowest BCUT2D eigenvalue weighted by atomic mass is 9.71. The normalized spacial score (nSPS) is 16.6. The van der Waals surface area contributed by atoms with Gasteiger partial charge in [-0.2, -0.15) is 0 Å². The van der Waals surface area contributed by atoms with Crippen LogP contribution in [0, 0.1) is 0 Å². The first-order chi connectivity index (χ1) is 23.0.